The number of anilines is 1. The third-order valence-corrected chi connectivity index (χ3v) is 7.51. The summed E-state index contributed by atoms with van der Waals surface area (Å²) in [7, 11) is 0. The predicted octanol–water partition coefficient (Wildman–Crippen LogP) is 7.59. The van der Waals surface area contributed by atoms with Crippen molar-refractivity contribution in [3.63, 3.8) is 0 Å². The molecule has 1 aromatic heterocycles. The van der Waals surface area contributed by atoms with Gasteiger partial charge in [-0.1, -0.05) is 66.2 Å². The molecule has 1 N–H and O–H groups in total. The third-order valence-electron chi connectivity index (χ3n) is 7.51. The van der Waals surface area contributed by atoms with E-state index in [1.165, 1.54) is 5.56 Å². The van der Waals surface area contributed by atoms with Crippen LogP contribution in [0.25, 0.3) is 10.9 Å². The van der Waals surface area contributed by atoms with Gasteiger partial charge >= 0.3 is 0 Å². The highest BCUT2D eigenvalue weighted by Crippen LogP contribution is 2.46. The second-order valence-corrected chi connectivity index (χ2v) is 10.3. The third kappa shape index (κ3) is 3.93. The molecule has 2 atom stereocenters. The van der Waals surface area contributed by atoms with Crippen LogP contribution < -0.4 is 9.64 Å². The maximum absolute atomic E-state index is 10.3. The van der Waals surface area contributed by atoms with Gasteiger partial charge in [-0.2, -0.15) is 0 Å². The maximum Gasteiger partial charge on any atom is 0.219 e. The van der Waals surface area contributed by atoms with Crippen LogP contribution >= 0.6 is 0 Å². The van der Waals surface area contributed by atoms with Crippen molar-refractivity contribution in [1.82, 2.24) is 4.98 Å². The summed E-state index contributed by atoms with van der Waals surface area (Å²) in [5.74, 6) is 1.75. The van der Waals surface area contributed by atoms with E-state index in [1.807, 2.05) is 60.7 Å². The number of phenolic OH excluding ortho intramolecular Hbond substituents is 1. The Kier molecular flexibility index (Phi) is 4.91. The number of phenols is 1. The first-order valence-corrected chi connectivity index (χ1v) is 13.1. The summed E-state index contributed by atoms with van der Waals surface area (Å²) >= 11 is 0. The number of aromatic hydroxyl groups is 1. The second kappa shape index (κ2) is 8.98. The summed E-state index contributed by atoms with van der Waals surface area (Å²) in [4.78, 5) is 11.8. The smallest absolute Gasteiger partial charge is 0.219 e. The van der Waals surface area contributed by atoms with Gasteiger partial charge in [0.15, 0.2) is 0 Å². The molecule has 0 bridgehead atoms. The van der Waals surface area contributed by atoms with Crippen LogP contribution in [0.5, 0.6) is 17.4 Å². The van der Waals surface area contributed by atoms with Gasteiger partial charge in [0.2, 0.25) is 5.88 Å². The van der Waals surface area contributed by atoms with Crippen molar-refractivity contribution in [3.05, 3.63) is 124 Å². The van der Waals surface area contributed by atoms with Crippen molar-refractivity contribution in [2.24, 2.45) is 4.99 Å². The molecule has 192 valence electrons. The summed E-state index contributed by atoms with van der Waals surface area (Å²) in [6, 6.07) is 27.8. The molecule has 0 saturated heterocycles. The van der Waals surface area contributed by atoms with Crippen molar-refractivity contribution in [2.75, 3.05) is 4.90 Å². The highest BCUT2D eigenvalue weighted by Gasteiger charge is 2.44. The minimum Gasteiger partial charge on any atom is -0.506 e. The van der Waals surface area contributed by atoms with Crippen molar-refractivity contribution in [1.29, 1.82) is 0 Å². The molecule has 1 aliphatic carbocycles. The van der Waals surface area contributed by atoms with Crippen LogP contribution in [0.4, 0.5) is 5.69 Å². The first-order valence-electron chi connectivity index (χ1n) is 14.1. The summed E-state index contributed by atoms with van der Waals surface area (Å²) in [5.41, 5.74) is 7.24. The zero-order valence-corrected chi connectivity index (χ0v) is 22.0. The number of aryl methyl sites for hydroxylation is 3. The Morgan fingerprint density at radius 1 is 0.897 bits per heavy atom. The molecule has 39 heavy (non-hydrogen) atoms. The summed E-state index contributed by atoms with van der Waals surface area (Å²) in [6.45, 7) is 6.24. The number of para-hydroxylation sites is 1. The van der Waals surface area contributed by atoms with Gasteiger partial charge in [-0.05, 0) is 73.7 Å². The molecule has 0 radical (unpaired) electrons. The Bertz CT molecular complexity index is 1860. The Morgan fingerprint density at radius 2 is 1.69 bits per heavy atom. The normalized spacial score (nSPS) is 19.8. The number of rotatable bonds is 4. The monoisotopic (exact) mass is 513 g/mol. The number of amidine groups is 1. The lowest BCUT2D eigenvalue weighted by Gasteiger charge is -2.31. The van der Waals surface area contributed by atoms with E-state index in [1.54, 1.807) is 18.2 Å². The summed E-state index contributed by atoms with van der Waals surface area (Å²) in [5, 5.41) is 11.1. The number of benzene rings is 4. The Morgan fingerprint density at radius 3 is 2.54 bits per heavy atom. The topological polar surface area (TPSA) is 58.0 Å². The molecule has 2 heterocycles. The number of ether oxygens (including phenoxy) is 1. The Balaban J connectivity index is 1.34. The molecule has 4 aromatic carbocycles. The van der Waals surface area contributed by atoms with E-state index in [0.29, 0.717) is 28.5 Å². The van der Waals surface area contributed by atoms with E-state index in [9.17, 15) is 7.85 Å². The number of fused-ring (bicyclic) bond motifs is 4. The zero-order valence-electron chi connectivity index (χ0n) is 24.0. The zero-order chi connectivity index (χ0) is 28.5. The minimum absolute atomic E-state index is 0.0996. The van der Waals surface area contributed by atoms with Crippen molar-refractivity contribution < 1.29 is 12.6 Å². The minimum atomic E-state index is -1.61. The van der Waals surface area contributed by atoms with E-state index < -0.39 is 12.4 Å². The Hall–Kier alpha value is -4.64. The van der Waals surface area contributed by atoms with Crippen molar-refractivity contribution in [3.8, 4) is 17.4 Å². The van der Waals surface area contributed by atoms with E-state index in [4.69, 9.17) is 9.73 Å². The number of aromatic nitrogens is 1. The molecular weight excluding hydrogens is 482 g/mol. The Labute approximate surface area is 230 Å². The number of hydrogen-bond donors (Lipinski definition) is 1. The largest absolute Gasteiger partial charge is 0.506 e. The standard InChI is InChI=1S/C34H29N3O2/c1-20-16-21(2)33(22(3)17-20)37-28-19-24-8-4-5-12-27(24)32(28)36-34(37)25-10-6-11-26(18-25)39-30-15-14-23-9-7-13-29(38)31(23)35-30/h4-18,28,32,38H,19H2,1-3H3/t28-,32-/m0/s1/i19D2. The molecule has 0 amide bonds. The lowest BCUT2D eigenvalue weighted by atomic mass is 10.0. The van der Waals surface area contributed by atoms with Gasteiger partial charge in [-0.3, -0.25) is 4.99 Å². The van der Waals surface area contributed by atoms with Crippen LogP contribution in [0.3, 0.4) is 0 Å². The molecule has 0 fully saturated rings. The lowest BCUT2D eigenvalue weighted by molar-refractivity contribution is 0.460. The molecule has 2 aliphatic rings. The van der Waals surface area contributed by atoms with Crippen LogP contribution in [0.15, 0.2) is 96.0 Å². The van der Waals surface area contributed by atoms with Gasteiger partial charge in [0.25, 0.3) is 0 Å². The molecule has 5 aromatic rings. The number of nitrogens with zero attached hydrogens (tertiary/aromatic N) is 3. The SMILES string of the molecule is [2H]C1([2H])c2ccccc2[C@@H]2N=C(c3cccc(Oc4ccc5cccc(O)c5n4)c3)N(c3c(C)cc(C)cc3C)[C@H]21. The highest BCUT2D eigenvalue weighted by molar-refractivity contribution is 6.13. The fraction of sp³-hybridized carbons (Fsp3) is 0.176. The number of hydrogen-bond acceptors (Lipinski definition) is 5. The van der Waals surface area contributed by atoms with Gasteiger partial charge in [-0.15, -0.1) is 0 Å². The van der Waals surface area contributed by atoms with Crippen LogP contribution in [0.2, 0.25) is 0 Å². The summed E-state index contributed by atoms with van der Waals surface area (Å²) in [6.07, 6.45) is -1.61. The van der Waals surface area contributed by atoms with Crippen LogP contribution in [-0.2, 0) is 6.37 Å². The van der Waals surface area contributed by atoms with E-state index in [-0.39, 0.29) is 11.8 Å². The average molecular weight is 514 g/mol. The van der Waals surface area contributed by atoms with Crippen molar-refractivity contribution >= 4 is 22.4 Å². The highest BCUT2D eigenvalue weighted by atomic mass is 16.5. The molecule has 5 nitrogen and oxygen atoms in total. The fourth-order valence-corrected chi connectivity index (χ4v) is 5.97. The predicted molar refractivity (Wildman–Crippen MR) is 156 cm³/mol. The van der Waals surface area contributed by atoms with Crippen molar-refractivity contribution in [2.45, 2.75) is 39.2 Å². The van der Waals surface area contributed by atoms with E-state index in [0.717, 1.165) is 33.3 Å². The quantitative estimate of drug-likeness (QED) is 0.269. The molecule has 5 heteroatoms. The molecule has 1 aliphatic heterocycles. The molecule has 7 rings (SSSR count). The fourth-order valence-electron chi connectivity index (χ4n) is 5.97. The number of pyridine rings is 1. The van der Waals surface area contributed by atoms with Crippen LogP contribution in [-0.4, -0.2) is 22.0 Å². The van der Waals surface area contributed by atoms with E-state index >= 15 is 0 Å². The van der Waals surface area contributed by atoms with E-state index in [2.05, 4.69) is 42.8 Å². The maximum atomic E-state index is 10.3. The van der Waals surface area contributed by atoms with Crippen LogP contribution in [0, 0.1) is 20.8 Å². The average Bonchev–Trinajstić information content (AvgIpc) is 3.43. The van der Waals surface area contributed by atoms with Crippen LogP contribution in [0.1, 0.15) is 42.2 Å². The van der Waals surface area contributed by atoms with Gasteiger partial charge in [-0.25, -0.2) is 4.98 Å². The second-order valence-electron chi connectivity index (χ2n) is 10.3. The molecule has 0 spiro atoms. The van der Waals surface area contributed by atoms with Gasteiger partial charge in [0.1, 0.15) is 22.9 Å². The first-order chi connectivity index (χ1) is 19.7. The number of aliphatic imine (C=N–C) groups is 1. The molecular formula is C34H29N3O2. The molecule has 0 unspecified atom stereocenters. The van der Waals surface area contributed by atoms with Gasteiger partial charge in [0, 0.05) is 25.4 Å². The first kappa shape index (κ1) is 21.3. The summed E-state index contributed by atoms with van der Waals surface area (Å²) < 4.78 is 24.7. The van der Waals surface area contributed by atoms with Gasteiger partial charge < -0.3 is 14.7 Å². The lowest BCUT2D eigenvalue weighted by Crippen LogP contribution is -2.38. The molecule has 0 saturated carbocycles. The van der Waals surface area contributed by atoms with Gasteiger partial charge in [0.05, 0.1) is 12.1 Å².